The zero-order chi connectivity index (χ0) is 12.1. The van der Waals surface area contributed by atoms with E-state index >= 15 is 0 Å². The van der Waals surface area contributed by atoms with Gasteiger partial charge in [0.05, 0.1) is 12.2 Å². The Morgan fingerprint density at radius 2 is 2.00 bits per heavy atom. The van der Waals surface area contributed by atoms with Crippen molar-refractivity contribution in [2.45, 2.75) is 6.54 Å². The second-order valence-corrected chi connectivity index (χ2v) is 3.29. The average Bonchev–Trinajstić information content (AvgIpc) is 2.38. The normalized spacial score (nSPS) is 9.88. The van der Waals surface area contributed by atoms with Gasteiger partial charge >= 0.3 is 0 Å². The van der Waals surface area contributed by atoms with Gasteiger partial charge in [0.15, 0.2) is 11.5 Å². The molecule has 0 bridgehead atoms. The largest absolute Gasteiger partial charge is 0.382 e. The van der Waals surface area contributed by atoms with Crippen molar-refractivity contribution in [1.82, 2.24) is 20.3 Å². The van der Waals surface area contributed by atoms with E-state index in [1.165, 1.54) is 12.4 Å². The molecule has 2 aromatic heterocycles. The Kier molecular flexibility index (Phi) is 3.25. The summed E-state index contributed by atoms with van der Waals surface area (Å²) in [5.41, 5.74) is 6.44. The molecule has 0 spiro atoms. The summed E-state index contributed by atoms with van der Waals surface area (Å²) in [4.78, 5) is 23.5. The molecule has 2 heterocycles. The predicted molar refractivity (Wildman–Crippen MR) is 61.9 cm³/mol. The predicted octanol–water partition coefficient (Wildman–Crippen LogP) is 0.384. The highest BCUT2D eigenvalue weighted by Crippen LogP contribution is 2.02. The SMILES string of the molecule is Nc1nccnc1C(=O)NCc1ccccn1. The first-order valence-corrected chi connectivity index (χ1v) is 5.02. The third kappa shape index (κ3) is 2.75. The molecular formula is C11H11N5O. The van der Waals surface area contributed by atoms with E-state index in [0.717, 1.165) is 5.69 Å². The third-order valence-corrected chi connectivity index (χ3v) is 2.10. The van der Waals surface area contributed by atoms with Gasteiger partial charge in [0.25, 0.3) is 5.91 Å². The molecule has 0 atom stereocenters. The van der Waals surface area contributed by atoms with E-state index in [1.54, 1.807) is 6.20 Å². The number of hydrogen-bond donors (Lipinski definition) is 2. The van der Waals surface area contributed by atoms with Crippen LogP contribution in [0.5, 0.6) is 0 Å². The van der Waals surface area contributed by atoms with Crippen LogP contribution in [0, 0.1) is 0 Å². The van der Waals surface area contributed by atoms with E-state index in [4.69, 9.17) is 5.73 Å². The molecule has 0 fully saturated rings. The molecule has 0 aliphatic rings. The Hall–Kier alpha value is -2.50. The van der Waals surface area contributed by atoms with Gasteiger partial charge in [-0.15, -0.1) is 0 Å². The molecule has 0 saturated carbocycles. The number of nitrogen functional groups attached to an aromatic ring is 1. The zero-order valence-corrected chi connectivity index (χ0v) is 9.00. The molecule has 6 nitrogen and oxygen atoms in total. The van der Waals surface area contributed by atoms with Crippen molar-refractivity contribution in [1.29, 1.82) is 0 Å². The van der Waals surface area contributed by atoms with Crippen LogP contribution in [-0.2, 0) is 6.54 Å². The lowest BCUT2D eigenvalue weighted by Gasteiger charge is -2.05. The van der Waals surface area contributed by atoms with Crippen LogP contribution < -0.4 is 11.1 Å². The first-order valence-electron chi connectivity index (χ1n) is 5.02. The lowest BCUT2D eigenvalue weighted by molar-refractivity contribution is 0.0946. The highest BCUT2D eigenvalue weighted by atomic mass is 16.1. The zero-order valence-electron chi connectivity index (χ0n) is 9.00. The number of anilines is 1. The first kappa shape index (κ1) is 11.0. The number of carbonyl (C=O) groups is 1. The third-order valence-electron chi connectivity index (χ3n) is 2.10. The molecular weight excluding hydrogens is 218 g/mol. The lowest BCUT2D eigenvalue weighted by Crippen LogP contribution is -2.25. The minimum atomic E-state index is -0.360. The second kappa shape index (κ2) is 5.02. The van der Waals surface area contributed by atoms with E-state index in [0.29, 0.717) is 6.54 Å². The number of nitrogens with two attached hydrogens (primary N) is 1. The number of amides is 1. The van der Waals surface area contributed by atoms with Crippen molar-refractivity contribution >= 4 is 11.7 Å². The van der Waals surface area contributed by atoms with Crippen LogP contribution in [0.4, 0.5) is 5.82 Å². The van der Waals surface area contributed by atoms with E-state index in [-0.39, 0.29) is 17.4 Å². The quantitative estimate of drug-likeness (QED) is 0.793. The molecule has 0 aliphatic heterocycles. The monoisotopic (exact) mass is 229 g/mol. The molecule has 0 radical (unpaired) electrons. The number of nitrogens with zero attached hydrogens (tertiary/aromatic N) is 3. The Morgan fingerprint density at radius 3 is 2.71 bits per heavy atom. The van der Waals surface area contributed by atoms with Crippen LogP contribution in [0.3, 0.4) is 0 Å². The van der Waals surface area contributed by atoms with Crippen molar-refractivity contribution in [2.75, 3.05) is 5.73 Å². The van der Waals surface area contributed by atoms with Gasteiger partial charge in [-0.2, -0.15) is 0 Å². The van der Waals surface area contributed by atoms with Crippen molar-refractivity contribution in [2.24, 2.45) is 0 Å². The van der Waals surface area contributed by atoms with E-state index < -0.39 is 0 Å². The van der Waals surface area contributed by atoms with Crippen molar-refractivity contribution in [3.05, 3.63) is 48.2 Å². The highest BCUT2D eigenvalue weighted by molar-refractivity contribution is 5.96. The standard InChI is InChI=1S/C11H11N5O/c12-10-9(14-5-6-15-10)11(17)16-7-8-3-1-2-4-13-8/h1-6H,7H2,(H2,12,15)(H,16,17). The molecule has 3 N–H and O–H groups in total. The molecule has 0 aliphatic carbocycles. The molecule has 2 aromatic rings. The Bertz CT molecular complexity index is 514. The van der Waals surface area contributed by atoms with Gasteiger partial charge < -0.3 is 11.1 Å². The lowest BCUT2D eigenvalue weighted by atomic mass is 10.3. The number of pyridine rings is 1. The number of carbonyl (C=O) groups excluding carboxylic acids is 1. The fourth-order valence-corrected chi connectivity index (χ4v) is 1.28. The first-order chi connectivity index (χ1) is 8.27. The molecule has 0 aromatic carbocycles. The molecule has 17 heavy (non-hydrogen) atoms. The number of rotatable bonds is 3. The van der Waals surface area contributed by atoms with Crippen LogP contribution in [0.15, 0.2) is 36.8 Å². The van der Waals surface area contributed by atoms with Gasteiger partial charge in [-0.3, -0.25) is 9.78 Å². The maximum atomic E-state index is 11.7. The van der Waals surface area contributed by atoms with Crippen LogP contribution >= 0.6 is 0 Å². The summed E-state index contributed by atoms with van der Waals surface area (Å²) in [5.74, 6) is -0.243. The van der Waals surface area contributed by atoms with E-state index in [9.17, 15) is 4.79 Å². The Balaban J connectivity index is 2.01. The number of aromatic nitrogens is 3. The summed E-state index contributed by atoms with van der Waals surface area (Å²) in [7, 11) is 0. The second-order valence-electron chi connectivity index (χ2n) is 3.29. The molecule has 6 heteroatoms. The van der Waals surface area contributed by atoms with Crippen LogP contribution in [0.2, 0.25) is 0 Å². The molecule has 0 unspecified atom stereocenters. The summed E-state index contributed by atoms with van der Waals surface area (Å²) in [5, 5.41) is 2.67. The highest BCUT2D eigenvalue weighted by Gasteiger charge is 2.11. The number of nitrogens with one attached hydrogen (secondary N) is 1. The minimum Gasteiger partial charge on any atom is -0.382 e. The summed E-state index contributed by atoms with van der Waals surface area (Å²) < 4.78 is 0. The summed E-state index contributed by atoms with van der Waals surface area (Å²) in [6, 6.07) is 5.48. The van der Waals surface area contributed by atoms with Gasteiger partial charge in [-0.1, -0.05) is 6.07 Å². The fraction of sp³-hybridized carbons (Fsp3) is 0.0909. The van der Waals surface area contributed by atoms with Gasteiger partial charge in [-0.25, -0.2) is 9.97 Å². The van der Waals surface area contributed by atoms with Crippen LogP contribution in [-0.4, -0.2) is 20.9 Å². The minimum absolute atomic E-state index is 0.117. The fourth-order valence-electron chi connectivity index (χ4n) is 1.28. The van der Waals surface area contributed by atoms with Crippen LogP contribution in [0.1, 0.15) is 16.2 Å². The number of hydrogen-bond acceptors (Lipinski definition) is 5. The molecule has 1 amide bonds. The molecule has 86 valence electrons. The van der Waals surface area contributed by atoms with E-state index in [2.05, 4.69) is 20.3 Å². The summed E-state index contributed by atoms with van der Waals surface area (Å²) in [6.45, 7) is 0.329. The van der Waals surface area contributed by atoms with E-state index in [1.807, 2.05) is 18.2 Å². The van der Waals surface area contributed by atoms with Gasteiger partial charge in [0.2, 0.25) is 0 Å². The average molecular weight is 229 g/mol. The van der Waals surface area contributed by atoms with Crippen molar-refractivity contribution < 1.29 is 4.79 Å². The van der Waals surface area contributed by atoms with Gasteiger partial charge in [-0.05, 0) is 12.1 Å². The topological polar surface area (TPSA) is 93.8 Å². The smallest absolute Gasteiger partial charge is 0.274 e. The van der Waals surface area contributed by atoms with Gasteiger partial charge in [0.1, 0.15) is 0 Å². The Labute approximate surface area is 97.9 Å². The van der Waals surface area contributed by atoms with Gasteiger partial charge in [0, 0.05) is 18.6 Å². The maximum Gasteiger partial charge on any atom is 0.274 e. The summed E-state index contributed by atoms with van der Waals surface area (Å²) >= 11 is 0. The molecule has 2 rings (SSSR count). The summed E-state index contributed by atoms with van der Waals surface area (Å²) in [6.07, 6.45) is 4.52. The van der Waals surface area contributed by atoms with Crippen LogP contribution in [0.25, 0.3) is 0 Å². The Morgan fingerprint density at radius 1 is 1.18 bits per heavy atom. The van der Waals surface area contributed by atoms with Crippen molar-refractivity contribution in [3.63, 3.8) is 0 Å². The molecule has 0 saturated heterocycles. The van der Waals surface area contributed by atoms with Crippen molar-refractivity contribution in [3.8, 4) is 0 Å². The maximum absolute atomic E-state index is 11.7.